The number of rotatable bonds is 4. The molecule has 4 aromatic rings. The molecule has 0 radical (unpaired) electrons. The summed E-state index contributed by atoms with van der Waals surface area (Å²) in [5.74, 6) is 0.752. The van der Waals surface area contributed by atoms with Crippen LogP contribution < -0.4 is 4.74 Å². The molecular weight excluding hydrogens is 322 g/mol. The number of methoxy groups -OCH3 is 1. The first-order chi connectivity index (χ1) is 12.7. The first-order valence-corrected chi connectivity index (χ1v) is 8.54. The SMILES string of the molecule is COc1ccc(C(=O)c2c(-c3ccccc3)cn3c(C)cccc23)cc1. The first-order valence-electron chi connectivity index (χ1n) is 8.54. The van der Waals surface area contributed by atoms with Crippen molar-refractivity contribution in [3.63, 3.8) is 0 Å². The highest BCUT2D eigenvalue weighted by atomic mass is 16.5. The predicted octanol–water partition coefficient (Wildman–Crippen LogP) is 5.15. The zero-order valence-corrected chi connectivity index (χ0v) is 14.8. The summed E-state index contributed by atoms with van der Waals surface area (Å²) in [7, 11) is 1.62. The second-order valence-corrected chi connectivity index (χ2v) is 6.26. The minimum absolute atomic E-state index is 0.0135. The van der Waals surface area contributed by atoms with Crippen LogP contribution in [0.3, 0.4) is 0 Å². The van der Waals surface area contributed by atoms with E-state index in [1.54, 1.807) is 7.11 Å². The van der Waals surface area contributed by atoms with Gasteiger partial charge in [-0.2, -0.15) is 0 Å². The third-order valence-corrected chi connectivity index (χ3v) is 4.68. The van der Waals surface area contributed by atoms with Gasteiger partial charge in [0, 0.05) is 23.0 Å². The molecule has 0 amide bonds. The van der Waals surface area contributed by atoms with Gasteiger partial charge in [-0.25, -0.2) is 0 Å². The summed E-state index contributed by atoms with van der Waals surface area (Å²) in [6, 6.07) is 23.3. The summed E-state index contributed by atoms with van der Waals surface area (Å²) in [6.45, 7) is 2.05. The average Bonchev–Trinajstić information content (AvgIpc) is 3.09. The Morgan fingerprint density at radius 1 is 0.885 bits per heavy atom. The number of carbonyl (C=O) groups is 1. The third-order valence-electron chi connectivity index (χ3n) is 4.68. The Bertz CT molecular complexity index is 1080. The maximum Gasteiger partial charge on any atom is 0.195 e. The Balaban J connectivity index is 1.94. The lowest BCUT2D eigenvalue weighted by atomic mass is 9.96. The predicted molar refractivity (Wildman–Crippen MR) is 104 cm³/mol. The summed E-state index contributed by atoms with van der Waals surface area (Å²) >= 11 is 0. The normalized spacial score (nSPS) is 10.8. The average molecular weight is 341 g/mol. The topological polar surface area (TPSA) is 30.7 Å². The molecule has 0 aliphatic rings. The maximum absolute atomic E-state index is 13.4. The molecule has 0 N–H and O–H groups in total. The van der Waals surface area contributed by atoms with E-state index in [0.717, 1.165) is 33.7 Å². The van der Waals surface area contributed by atoms with Gasteiger partial charge < -0.3 is 9.14 Å². The smallest absolute Gasteiger partial charge is 0.195 e. The molecule has 26 heavy (non-hydrogen) atoms. The molecular formula is C23H19NO2. The molecule has 0 aliphatic heterocycles. The fourth-order valence-corrected chi connectivity index (χ4v) is 3.30. The summed E-state index contributed by atoms with van der Waals surface area (Å²) in [4.78, 5) is 13.4. The molecule has 128 valence electrons. The summed E-state index contributed by atoms with van der Waals surface area (Å²) in [6.07, 6.45) is 2.05. The number of aromatic nitrogens is 1. The molecule has 0 bridgehead atoms. The number of fused-ring (bicyclic) bond motifs is 1. The standard InChI is InChI=1S/C23H19NO2/c1-16-7-6-10-21-22(23(25)18-11-13-19(26-2)14-12-18)20(15-24(16)21)17-8-4-3-5-9-17/h3-15H,1-2H3. The molecule has 4 rings (SSSR count). The van der Waals surface area contributed by atoms with Gasteiger partial charge in [0.2, 0.25) is 0 Å². The number of aryl methyl sites for hydroxylation is 1. The van der Waals surface area contributed by atoms with Crippen LogP contribution in [0.25, 0.3) is 16.6 Å². The van der Waals surface area contributed by atoms with Crippen LogP contribution in [0.5, 0.6) is 5.75 Å². The summed E-state index contributed by atoms with van der Waals surface area (Å²) in [5.41, 5.74) is 5.37. The van der Waals surface area contributed by atoms with E-state index in [0.29, 0.717) is 5.56 Å². The molecule has 0 fully saturated rings. The van der Waals surface area contributed by atoms with Gasteiger partial charge in [-0.3, -0.25) is 4.79 Å². The Morgan fingerprint density at radius 3 is 2.31 bits per heavy atom. The van der Waals surface area contributed by atoms with Crippen LogP contribution in [0.4, 0.5) is 0 Å². The largest absolute Gasteiger partial charge is 0.497 e. The second-order valence-electron chi connectivity index (χ2n) is 6.26. The Labute approximate surface area is 152 Å². The van der Waals surface area contributed by atoms with Crippen molar-refractivity contribution in [3.05, 3.63) is 95.8 Å². The monoisotopic (exact) mass is 341 g/mol. The van der Waals surface area contributed by atoms with Crippen molar-refractivity contribution in [1.29, 1.82) is 0 Å². The van der Waals surface area contributed by atoms with Crippen molar-refractivity contribution in [2.45, 2.75) is 6.92 Å². The molecule has 0 saturated heterocycles. The van der Waals surface area contributed by atoms with E-state index in [4.69, 9.17) is 4.74 Å². The minimum Gasteiger partial charge on any atom is -0.497 e. The molecule has 0 saturated carbocycles. The van der Waals surface area contributed by atoms with E-state index >= 15 is 0 Å². The minimum atomic E-state index is 0.0135. The van der Waals surface area contributed by atoms with Crippen LogP contribution in [0.2, 0.25) is 0 Å². The van der Waals surface area contributed by atoms with E-state index in [2.05, 4.69) is 10.6 Å². The van der Waals surface area contributed by atoms with Crippen LogP contribution in [0, 0.1) is 6.92 Å². The molecule has 0 spiro atoms. The molecule has 0 aliphatic carbocycles. The van der Waals surface area contributed by atoms with Crippen molar-refractivity contribution in [2.24, 2.45) is 0 Å². The number of hydrogen-bond acceptors (Lipinski definition) is 2. The zero-order chi connectivity index (χ0) is 18.1. The second kappa shape index (κ2) is 6.52. The quantitative estimate of drug-likeness (QED) is 0.480. The lowest BCUT2D eigenvalue weighted by Gasteiger charge is -2.06. The van der Waals surface area contributed by atoms with Gasteiger partial charge in [-0.1, -0.05) is 36.4 Å². The van der Waals surface area contributed by atoms with Crippen LogP contribution in [0.1, 0.15) is 21.6 Å². The van der Waals surface area contributed by atoms with Gasteiger partial charge in [0.25, 0.3) is 0 Å². The Hall–Kier alpha value is -3.33. The van der Waals surface area contributed by atoms with Crippen LogP contribution >= 0.6 is 0 Å². The van der Waals surface area contributed by atoms with E-state index in [1.807, 2.05) is 79.7 Å². The lowest BCUT2D eigenvalue weighted by molar-refractivity contribution is 0.104. The number of nitrogens with zero attached hydrogens (tertiary/aromatic N) is 1. The van der Waals surface area contributed by atoms with E-state index in [1.165, 1.54) is 0 Å². The number of benzene rings is 2. The molecule has 2 aromatic heterocycles. The Kier molecular flexibility index (Phi) is 4.05. The van der Waals surface area contributed by atoms with Crippen molar-refractivity contribution in [3.8, 4) is 16.9 Å². The fraction of sp³-hybridized carbons (Fsp3) is 0.0870. The molecule has 3 nitrogen and oxygen atoms in total. The fourth-order valence-electron chi connectivity index (χ4n) is 3.30. The molecule has 3 heteroatoms. The van der Waals surface area contributed by atoms with Gasteiger partial charge in [0.15, 0.2) is 5.78 Å². The van der Waals surface area contributed by atoms with Gasteiger partial charge >= 0.3 is 0 Å². The Morgan fingerprint density at radius 2 is 1.62 bits per heavy atom. The van der Waals surface area contributed by atoms with Gasteiger partial charge in [-0.05, 0) is 48.9 Å². The van der Waals surface area contributed by atoms with Gasteiger partial charge in [0.05, 0.1) is 18.2 Å². The first kappa shape index (κ1) is 16.2. The number of ether oxygens (including phenoxy) is 1. The molecule has 0 unspecified atom stereocenters. The van der Waals surface area contributed by atoms with Gasteiger partial charge in [-0.15, -0.1) is 0 Å². The number of carbonyl (C=O) groups excluding carboxylic acids is 1. The van der Waals surface area contributed by atoms with Crippen LogP contribution in [0.15, 0.2) is 79.0 Å². The van der Waals surface area contributed by atoms with Crippen LogP contribution in [-0.4, -0.2) is 17.3 Å². The van der Waals surface area contributed by atoms with Crippen molar-refractivity contribution >= 4 is 11.3 Å². The third kappa shape index (κ3) is 2.68. The highest BCUT2D eigenvalue weighted by Gasteiger charge is 2.21. The summed E-state index contributed by atoms with van der Waals surface area (Å²) < 4.78 is 7.29. The maximum atomic E-state index is 13.4. The number of ketones is 1. The van der Waals surface area contributed by atoms with Gasteiger partial charge in [0.1, 0.15) is 5.75 Å². The molecule has 2 heterocycles. The van der Waals surface area contributed by atoms with Crippen molar-refractivity contribution < 1.29 is 9.53 Å². The van der Waals surface area contributed by atoms with Crippen molar-refractivity contribution in [1.82, 2.24) is 4.40 Å². The highest BCUT2D eigenvalue weighted by Crippen LogP contribution is 2.31. The van der Waals surface area contributed by atoms with E-state index in [-0.39, 0.29) is 5.78 Å². The van der Waals surface area contributed by atoms with Crippen LogP contribution in [-0.2, 0) is 0 Å². The lowest BCUT2D eigenvalue weighted by Crippen LogP contribution is -2.03. The molecule has 2 aromatic carbocycles. The summed E-state index contributed by atoms with van der Waals surface area (Å²) in [5, 5.41) is 0. The number of hydrogen-bond donors (Lipinski definition) is 0. The number of pyridine rings is 1. The van der Waals surface area contributed by atoms with Crippen molar-refractivity contribution in [2.75, 3.05) is 7.11 Å². The zero-order valence-electron chi connectivity index (χ0n) is 14.8. The molecule has 0 atom stereocenters. The highest BCUT2D eigenvalue weighted by molar-refractivity contribution is 6.17. The van der Waals surface area contributed by atoms with E-state index in [9.17, 15) is 4.79 Å². The van der Waals surface area contributed by atoms with E-state index < -0.39 is 0 Å².